The van der Waals surface area contributed by atoms with Crippen molar-refractivity contribution in [2.45, 2.75) is 25.9 Å². The molecule has 0 atom stereocenters. The largest absolute Gasteiger partial charge is 0.345 e. The zero-order valence-electron chi connectivity index (χ0n) is 11.6. The van der Waals surface area contributed by atoms with E-state index in [1.54, 1.807) is 6.33 Å². The minimum atomic E-state index is 0.137. The fraction of sp³-hybridized carbons (Fsp3) is 0.500. The highest BCUT2D eigenvalue weighted by Crippen LogP contribution is 2.17. The number of hydrogen-bond acceptors (Lipinski definition) is 3. The Morgan fingerprint density at radius 3 is 2.89 bits per heavy atom. The van der Waals surface area contributed by atoms with Gasteiger partial charge in [-0.3, -0.25) is 4.90 Å². The summed E-state index contributed by atoms with van der Waals surface area (Å²) in [5.74, 6) is 0. The van der Waals surface area contributed by atoms with Crippen LogP contribution in [-0.4, -0.2) is 41.0 Å². The van der Waals surface area contributed by atoms with Gasteiger partial charge in [0.05, 0.1) is 17.4 Å². The Morgan fingerprint density at radius 2 is 2.17 bits per heavy atom. The van der Waals surface area contributed by atoms with E-state index in [9.17, 15) is 0 Å². The summed E-state index contributed by atoms with van der Waals surface area (Å²) in [6.45, 7) is 6.40. The Balaban J connectivity index is 2.12. The Morgan fingerprint density at radius 1 is 1.39 bits per heavy atom. The van der Waals surface area contributed by atoms with E-state index in [0.717, 1.165) is 24.1 Å². The average Bonchev–Trinajstić information content (AvgIpc) is 2.76. The topological polar surface area (TPSA) is 44.0 Å². The van der Waals surface area contributed by atoms with Crippen LogP contribution in [0, 0.1) is 0 Å². The van der Waals surface area contributed by atoms with Crippen LogP contribution < -0.4 is 5.32 Å². The molecule has 1 aromatic heterocycles. The van der Waals surface area contributed by atoms with Crippen molar-refractivity contribution in [1.82, 2.24) is 20.2 Å². The van der Waals surface area contributed by atoms with Crippen LogP contribution in [0.15, 0.2) is 24.5 Å². The van der Waals surface area contributed by atoms with E-state index < -0.39 is 0 Å². The molecule has 18 heavy (non-hydrogen) atoms. The van der Waals surface area contributed by atoms with Crippen molar-refractivity contribution in [3.05, 3.63) is 30.1 Å². The maximum absolute atomic E-state index is 4.24. The number of hydrogen-bond donors (Lipinski definition) is 2. The molecule has 0 saturated heterocycles. The molecule has 0 aliphatic rings. The van der Waals surface area contributed by atoms with Gasteiger partial charge in [0.25, 0.3) is 0 Å². The number of aromatic nitrogens is 2. The highest BCUT2D eigenvalue weighted by atomic mass is 15.2. The summed E-state index contributed by atoms with van der Waals surface area (Å²) in [5.41, 5.74) is 3.57. The lowest BCUT2D eigenvalue weighted by atomic mass is 10.0. The first-order valence-corrected chi connectivity index (χ1v) is 6.31. The third kappa shape index (κ3) is 2.71. The molecule has 0 saturated carbocycles. The molecule has 0 radical (unpaired) electrons. The number of aromatic amines is 1. The van der Waals surface area contributed by atoms with Crippen molar-refractivity contribution in [2.24, 2.45) is 0 Å². The van der Waals surface area contributed by atoms with E-state index >= 15 is 0 Å². The molecule has 4 heteroatoms. The van der Waals surface area contributed by atoms with Crippen LogP contribution in [0.2, 0.25) is 0 Å². The molecule has 2 aromatic rings. The van der Waals surface area contributed by atoms with E-state index in [2.05, 4.69) is 59.3 Å². The lowest BCUT2D eigenvalue weighted by Gasteiger charge is -2.35. The molecule has 0 aliphatic carbocycles. The van der Waals surface area contributed by atoms with Crippen LogP contribution in [0.5, 0.6) is 0 Å². The summed E-state index contributed by atoms with van der Waals surface area (Å²) in [6, 6.07) is 6.39. The van der Waals surface area contributed by atoms with Crippen molar-refractivity contribution in [3.8, 4) is 0 Å². The van der Waals surface area contributed by atoms with Crippen LogP contribution in [0.3, 0.4) is 0 Å². The lowest BCUT2D eigenvalue weighted by molar-refractivity contribution is 0.147. The number of H-pyrrole nitrogens is 1. The number of nitrogens with one attached hydrogen (secondary N) is 2. The minimum absolute atomic E-state index is 0.137. The van der Waals surface area contributed by atoms with Crippen LogP contribution in [0.1, 0.15) is 19.4 Å². The molecule has 1 aromatic carbocycles. The molecule has 0 fully saturated rings. The molecule has 4 nitrogen and oxygen atoms in total. The smallest absolute Gasteiger partial charge is 0.0931 e. The molecule has 0 aliphatic heterocycles. The predicted octanol–water partition coefficient (Wildman–Crippen LogP) is 1.99. The minimum Gasteiger partial charge on any atom is -0.345 e. The fourth-order valence-corrected chi connectivity index (χ4v) is 2.14. The van der Waals surface area contributed by atoms with Gasteiger partial charge in [-0.25, -0.2) is 4.98 Å². The predicted molar refractivity (Wildman–Crippen MR) is 75.6 cm³/mol. The quantitative estimate of drug-likeness (QED) is 0.848. The third-order valence-electron chi connectivity index (χ3n) is 3.55. The van der Waals surface area contributed by atoms with E-state index in [-0.39, 0.29) is 5.54 Å². The van der Waals surface area contributed by atoms with Crippen LogP contribution in [-0.2, 0) is 6.54 Å². The molecular formula is C14H22N4. The highest BCUT2D eigenvalue weighted by Gasteiger charge is 2.22. The third-order valence-corrected chi connectivity index (χ3v) is 3.55. The van der Waals surface area contributed by atoms with Gasteiger partial charge in [-0.05, 0) is 45.6 Å². The van der Waals surface area contributed by atoms with Crippen molar-refractivity contribution in [2.75, 3.05) is 20.6 Å². The molecule has 0 bridgehead atoms. The number of likely N-dealkylation sites (N-methyl/N-ethyl adjacent to an activating group) is 2. The zero-order valence-corrected chi connectivity index (χ0v) is 11.6. The summed E-state index contributed by atoms with van der Waals surface area (Å²) in [7, 11) is 4.15. The molecule has 98 valence electrons. The monoisotopic (exact) mass is 246 g/mol. The number of rotatable bonds is 5. The maximum Gasteiger partial charge on any atom is 0.0931 e. The van der Waals surface area contributed by atoms with Gasteiger partial charge >= 0.3 is 0 Å². The van der Waals surface area contributed by atoms with Gasteiger partial charge in [0.2, 0.25) is 0 Å². The Kier molecular flexibility index (Phi) is 3.68. The summed E-state index contributed by atoms with van der Waals surface area (Å²) >= 11 is 0. The number of imidazole rings is 1. The summed E-state index contributed by atoms with van der Waals surface area (Å²) in [5, 5.41) is 3.24. The normalized spacial score (nSPS) is 12.5. The van der Waals surface area contributed by atoms with Crippen molar-refractivity contribution >= 4 is 11.0 Å². The number of nitrogens with zero attached hydrogens (tertiary/aromatic N) is 2. The Bertz CT molecular complexity index is 515. The second-order valence-electron chi connectivity index (χ2n) is 5.45. The molecule has 0 spiro atoms. The first-order chi connectivity index (χ1) is 8.53. The number of benzene rings is 1. The molecule has 2 rings (SSSR count). The molecular weight excluding hydrogens is 224 g/mol. The lowest BCUT2D eigenvalue weighted by Crippen LogP contribution is -2.47. The van der Waals surface area contributed by atoms with Gasteiger partial charge in [0, 0.05) is 18.6 Å². The van der Waals surface area contributed by atoms with Crippen molar-refractivity contribution in [1.29, 1.82) is 0 Å². The SMILES string of the molecule is CNCC(C)(C)N(C)Cc1ccc2nc[nH]c2c1. The van der Waals surface area contributed by atoms with E-state index in [1.165, 1.54) is 5.56 Å². The van der Waals surface area contributed by atoms with Gasteiger partial charge in [0.1, 0.15) is 0 Å². The maximum atomic E-state index is 4.24. The first kappa shape index (κ1) is 13.1. The number of fused-ring (bicyclic) bond motifs is 1. The van der Waals surface area contributed by atoms with E-state index in [4.69, 9.17) is 0 Å². The van der Waals surface area contributed by atoms with Crippen LogP contribution >= 0.6 is 0 Å². The second-order valence-corrected chi connectivity index (χ2v) is 5.45. The Labute approximate surface area is 108 Å². The van der Waals surface area contributed by atoms with Gasteiger partial charge in [0.15, 0.2) is 0 Å². The average molecular weight is 246 g/mol. The van der Waals surface area contributed by atoms with Gasteiger partial charge in [-0.2, -0.15) is 0 Å². The van der Waals surface area contributed by atoms with Gasteiger partial charge in [-0.1, -0.05) is 6.07 Å². The zero-order chi connectivity index (χ0) is 13.2. The summed E-state index contributed by atoms with van der Waals surface area (Å²) < 4.78 is 0. The van der Waals surface area contributed by atoms with Crippen LogP contribution in [0.25, 0.3) is 11.0 Å². The fourth-order valence-electron chi connectivity index (χ4n) is 2.14. The highest BCUT2D eigenvalue weighted by molar-refractivity contribution is 5.74. The first-order valence-electron chi connectivity index (χ1n) is 6.31. The van der Waals surface area contributed by atoms with Crippen molar-refractivity contribution < 1.29 is 0 Å². The molecule has 0 amide bonds. The van der Waals surface area contributed by atoms with Crippen molar-refractivity contribution in [3.63, 3.8) is 0 Å². The summed E-state index contributed by atoms with van der Waals surface area (Å²) in [4.78, 5) is 9.76. The summed E-state index contributed by atoms with van der Waals surface area (Å²) in [6.07, 6.45) is 1.74. The van der Waals surface area contributed by atoms with Gasteiger partial charge in [-0.15, -0.1) is 0 Å². The molecule has 0 unspecified atom stereocenters. The second kappa shape index (κ2) is 5.08. The van der Waals surface area contributed by atoms with E-state index in [0.29, 0.717) is 0 Å². The molecule has 2 N–H and O–H groups in total. The van der Waals surface area contributed by atoms with E-state index in [1.807, 2.05) is 7.05 Å². The standard InChI is InChI=1S/C14H22N4/c1-14(2,9-15-3)18(4)8-11-5-6-12-13(7-11)17-10-16-12/h5-7,10,15H,8-9H2,1-4H3,(H,16,17). The van der Waals surface area contributed by atoms with Crippen LogP contribution in [0.4, 0.5) is 0 Å². The molecule has 1 heterocycles. The Hall–Kier alpha value is -1.39. The van der Waals surface area contributed by atoms with Gasteiger partial charge < -0.3 is 10.3 Å².